The van der Waals surface area contributed by atoms with Crippen LogP contribution in [0.15, 0.2) is 0 Å². The van der Waals surface area contributed by atoms with Crippen LogP contribution in [0.4, 0.5) is 0 Å². The number of halogens is 1. The number of amides is 2. The molecule has 0 aliphatic carbocycles. The van der Waals surface area contributed by atoms with Crippen molar-refractivity contribution in [3.63, 3.8) is 0 Å². The van der Waals surface area contributed by atoms with Gasteiger partial charge in [-0.25, -0.2) is 0 Å². The topological polar surface area (TPSA) is 61.4 Å². The lowest BCUT2D eigenvalue weighted by molar-refractivity contribution is -0.127. The minimum absolute atomic E-state index is 0. The van der Waals surface area contributed by atoms with Crippen LogP contribution in [0.25, 0.3) is 0 Å². The molecule has 2 heterocycles. The van der Waals surface area contributed by atoms with Crippen LogP contribution in [0.1, 0.15) is 38.5 Å². The molecule has 2 saturated heterocycles. The van der Waals surface area contributed by atoms with Gasteiger partial charge in [0.15, 0.2) is 0 Å². The maximum atomic E-state index is 11.8. The molecule has 0 aromatic heterocycles. The van der Waals surface area contributed by atoms with E-state index in [9.17, 15) is 9.59 Å². The number of likely N-dealkylation sites (tertiary alicyclic amines) is 1. The number of piperidine rings is 1. The summed E-state index contributed by atoms with van der Waals surface area (Å²) in [7, 11) is 0. The van der Waals surface area contributed by atoms with Gasteiger partial charge in [0.05, 0.1) is 6.04 Å². The van der Waals surface area contributed by atoms with Gasteiger partial charge in [0, 0.05) is 26.1 Å². The molecule has 0 radical (unpaired) electrons. The van der Waals surface area contributed by atoms with Crippen molar-refractivity contribution in [2.24, 2.45) is 0 Å². The number of nitrogens with one attached hydrogen (secondary N) is 2. The predicted molar refractivity (Wildman–Crippen MR) is 76.3 cm³/mol. The molecule has 2 amide bonds. The molecule has 0 aromatic carbocycles. The van der Waals surface area contributed by atoms with Crippen molar-refractivity contribution in [1.29, 1.82) is 0 Å². The number of carbonyl (C=O) groups is 2. The number of nitrogens with zero attached hydrogens (tertiary/aromatic N) is 1. The summed E-state index contributed by atoms with van der Waals surface area (Å²) in [5, 5.41) is 6.18. The second-order valence-corrected chi connectivity index (χ2v) is 5.13. The summed E-state index contributed by atoms with van der Waals surface area (Å²) in [5.41, 5.74) is 0. The number of rotatable bonds is 5. The highest BCUT2D eigenvalue weighted by atomic mass is 35.5. The molecule has 0 aromatic rings. The monoisotopic (exact) mass is 289 g/mol. The smallest absolute Gasteiger partial charge is 0.237 e. The molecule has 1 atom stereocenters. The van der Waals surface area contributed by atoms with Crippen molar-refractivity contribution in [3.05, 3.63) is 0 Å². The van der Waals surface area contributed by atoms with E-state index < -0.39 is 0 Å². The highest BCUT2D eigenvalue weighted by Crippen LogP contribution is 2.09. The lowest BCUT2D eigenvalue weighted by Gasteiger charge is -2.22. The molecule has 2 rings (SSSR count). The number of hydrogen-bond donors (Lipinski definition) is 2. The average Bonchev–Trinajstić information content (AvgIpc) is 2.81. The van der Waals surface area contributed by atoms with E-state index in [0.29, 0.717) is 13.0 Å². The Labute approximate surface area is 120 Å². The Bertz CT molecular complexity index is 306. The van der Waals surface area contributed by atoms with Gasteiger partial charge in [0.2, 0.25) is 11.8 Å². The van der Waals surface area contributed by atoms with Crippen molar-refractivity contribution in [2.75, 3.05) is 26.2 Å². The third-order valence-electron chi connectivity index (χ3n) is 3.70. The summed E-state index contributed by atoms with van der Waals surface area (Å²) < 4.78 is 0. The van der Waals surface area contributed by atoms with Gasteiger partial charge in [-0.1, -0.05) is 6.42 Å². The Kier molecular flexibility index (Phi) is 7.16. The van der Waals surface area contributed by atoms with E-state index in [0.717, 1.165) is 45.3 Å². The van der Waals surface area contributed by atoms with Gasteiger partial charge in [0.1, 0.15) is 0 Å². The molecule has 5 nitrogen and oxygen atoms in total. The molecular weight excluding hydrogens is 266 g/mol. The van der Waals surface area contributed by atoms with Crippen LogP contribution >= 0.6 is 12.4 Å². The molecule has 19 heavy (non-hydrogen) atoms. The molecule has 2 aliphatic rings. The van der Waals surface area contributed by atoms with E-state index in [-0.39, 0.29) is 30.3 Å². The predicted octanol–water partition coefficient (Wildman–Crippen LogP) is 0.679. The zero-order chi connectivity index (χ0) is 12.8. The summed E-state index contributed by atoms with van der Waals surface area (Å²) in [4.78, 5) is 25.1. The van der Waals surface area contributed by atoms with Crippen molar-refractivity contribution in [1.82, 2.24) is 15.5 Å². The molecule has 1 unspecified atom stereocenters. The second-order valence-electron chi connectivity index (χ2n) is 5.13. The molecule has 0 spiro atoms. The Morgan fingerprint density at radius 3 is 2.84 bits per heavy atom. The van der Waals surface area contributed by atoms with E-state index in [1.165, 1.54) is 6.42 Å². The third kappa shape index (κ3) is 4.99. The Morgan fingerprint density at radius 1 is 1.37 bits per heavy atom. The largest absolute Gasteiger partial charge is 0.355 e. The van der Waals surface area contributed by atoms with Gasteiger partial charge < -0.3 is 15.5 Å². The fourth-order valence-electron chi connectivity index (χ4n) is 2.62. The second kappa shape index (κ2) is 8.38. The molecule has 110 valence electrons. The molecule has 2 fully saturated rings. The fourth-order valence-corrected chi connectivity index (χ4v) is 2.62. The lowest BCUT2D eigenvalue weighted by atomic mass is 10.0. The van der Waals surface area contributed by atoms with Gasteiger partial charge >= 0.3 is 0 Å². The van der Waals surface area contributed by atoms with Crippen molar-refractivity contribution in [2.45, 2.75) is 44.6 Å². The molecule has 6 heteroatoms. The van der Waals surface area contributed by atoms with Crippen LogP contribution in [0, 0.1) is 0 Å². The highest BCUT2D eigenvalue weighted by molar-refractivity contribution is 5.85. The summed E-state index contributed by atoms with van der Waals surface area (Å²) in [6, 6.07) is -0.00725. The van der Waals surface area contributed by atoms with Crippen LogP contribution < -0.4 is 10.6 Å². The first kappa shape index (κ1) is 16.2. The average molecular weight is 290 g/mol. The highest BCUT2D eigenvalue weighted by Gasteiger charge is 2.21. The van der Waals surface area contributed by atoms with E-state index in [1.54, 1.807) is 0 Å². The molecular formula is C13H24ClN3O2. The minimum Gasteiger partial charge on any atom is -0.355 e. The Hall–Kier alpha value is -0.810. The van der Waals surface area contributed by atoms with E-state index in [2.05, 4.69) is 10.6 Å². The zero-order valence-corrected chi connectivity index (χ0v) is 12.1. The van der Waals surface area contributed by atoms with Gasteiger partial charge in [0.25, 0.3) is 0 Å². The summed E-state index contributed by atoms with van der Waals surface area (Å²) in [5.74, 6) is 0.373. The summed E-state index contributed by atoms with van der Waals surface area (Å²) >= 11 is 0. The van der Waals surface area contributed by atoms with Gasteiger partial charge in [-0.15, -0.1) is 12.4 Å². The SMILES string of the molecule is Cl.O=C(NCCCN1CCCC1=O)C1CCCCN1. The summed E-state index contributed by atoms with van der Waals surface area (Å²) in [6.45, 7) is 3.27. The van der Waals surface area contributed by atoms with Crippen LogP contribution in [0.2, 0.25) is 0 Å². The quantitative estimate of drug-likeness (QED) is 0.732. The van der Waals surface area contributed by atoms with Gasteiger partial charge in [-0.05, 0) is 32.2 Å². The van der Waals surface area contributed by atoms with Crippen LogP contribution in [-0.2, 0) is 9.59 Å². The van der Waals surface area contributed by atoms with E-state index >= 15 is 0 Å². The van der Waals surface area contributed by atoms with E-state index in [4.69, 9.17) is 0 Å². The van der Waals surface area contributed by atoms with Crippen molar-refractivity contribution in [3.8, 4) is 0 Å². The van der Waals surface area contributed by atoms with Crippen LogP contribution in [0.5, 0.6) is 0 Å². The first-order chi connectivity index (χ1) is 8.77. The zero-order valence-electron chi connectivity index (χ0n) is 11.3. The molecule has 2 aliphatic heterocycles. The van der Waals surface area contributed by atoms with Gasteiger partial charge in [-0.2, -0.15) is 0 Å². The number of hydrogen-bond acceptors (Lipinski definition) is 3. The molecule has 0 saturated carbocycles. The lowest BCUT2D eigenvalue weighted by Crippen LogP contribution is -2.47. The maximum Gasteiger partial charge on any atom is 0.237 e. The first-order valence-electron chi connectivity index (χ1n) is 7.06. The first-order valence-corrected chi connectivity index (χ1v) is 7.06. The maximum absolute atomic E-state index is 11.8. The van der Waals surface area contributed by atoms with E-state index in [1.807, 2.05) is 4.90 Å². The number of carbonyl (C=O) groups excluding carboxylic acids is 2. The third-order valence-corrected chi connectivity index (χ3v) is 3.70. The molecule has 0 bridgehead atoms. The Balaban J connectivity index is 0.00000180. The minimum atomic E-state index is -0.00725. The summed E-state index contributed by atoms with van der Waals surface area (Å²) in [6.07, 6.45) is 5.77. The normalized spacial score (nSPS) is 23.1. The molecule has 2 N–H and O–H groups in total. The van der Waals surface area contributed by atoms with Crippen molar-refractivity contribution < 1.29 is 9.59 Å². The Morgan fingerprint density at radius 2 is 2.21 bits per heavy atom. The standard InChI is InChI=1S/C13H23N3O2.ClH/c17-12-6-3-9-16(12)10-4-8-15-13(18)11-5-1-2-7-14-11;/h11,14H,1-10H2,(H,15,18);1H. The van der Waals surface area contributed by atoms with Crippen molar-refractivity contribution >= 4 is 24.2 Å². The fraction of sp³-hybridized carbons (Fsp3) is 0.846. The van der Waals surface area contributed by atoms with Crippen LogP contribution in [-0.4, -0.2) is 48.9 Å². The van der Waals surface area contributed by atoms with Crippen LogP contribution in [0.3, 0.4) is 0 Å². The van der Waals surface area contributed by atoms with Gasteiger partial charge in [-0.3, -0.25) is 9.59 Å².